The minimum Gasteiger partial charge on any atom is -0.456 e. The zero-order valence-electron chi connectivity index (χ0n) is 31.1. The van der Waals surface area contributed by atoms with Crippen LogP contribution in [0.2, 0.25) is 0 Å². The molecule has 2 heterocycles. The van der Waals surface area contributed by atoms with Gasteiger partial charge in [-0.3, -0.25) is 0 Å². The lowest BCUT2D eigenvalue weighted by Gasteiger charge is -2.29. The molecule has 57 heavy (non-hydrogen) atoms. The predicted octanol–water partition coefficient (Wildman–Crippen LogP) is 15.2. The fourth-order valence-electron chi connectivity index (χ4n) is 8.55. The molecule has 0 fully saturated rings. The average Bonchev–Trinajstić information content (AvgIpc) is 3.83. The van der Waals surface area contributed by atoms with Crippen LogP contribution in [0.3, 0.4) is 0 Å². The summed E-state index contributed by atoms with van der Waals surface area (Å²) in [4.78, 5) is 2.42. The van der Waals surface area contributed by atoms with E-state index in [1.54, 1.807) is 0 Å². The van der Waals surface area contributed by atoms with E-state index in [-0.39, 0.29) is 0 Å². The fraction of sp³-hybridized carbons (Fsp3) is 0. The smallest absolute Gasteiger partial charge is 0.136 e. The van der Waals surface area contributed by atoms with Gasteiger partial charge in [-0.2, -0.15) is 0 Å². The first kappa shape index (κ1) is 32.8. The molecular formula is C54H36N2O. The first-order valence-electron chi connectivity index (χ1n) is 19.4. The molecule has 0 atom stereocenters. The maximum absolute atomic E-state index is 6.50. The third-order valence-corrected chi connectivity index (χ3v) is 11.2. The molecule has 0 radical (unpaired) electrons. The molecule has 9 aromatic carbocycles. The summed E-state index contributed by atoms with van der Waals surface area (Å²) >= 11 is 0. The Morgan fingerprint density at radius 1 is 0.351 bits per heavy atom. The SMILES string of the molecule is c1ccc(-c2ccc(N(c3ccc(-c4ccccc4)cc3)c3cc4c(cc3-c3cccc5oc6ccccc6c35)c3ccccc3n4-c3ccccc3)cc2)cc1. The molecule has 3 heteroatoms. The molecule has 268 valence electrons. The second-order valence-electron chi connectivity index (χ2n) is 14.5. The molecule has 11 aromatic rings. The van der Waals surface area contributed by atoms with Crippen LogP contribution in [-0.2, 0) is 0 Å². The largest absolute Gasteiger partial charge is 0.456 e. The van der Waals surface area contributed by atoms with Crippen molar-refractivity contribution in [2.45, 2.75) is 0 Å². The number of hydrogen-bond acceptors (Lipinski definition) is 2. The summed E-state index contributed by atoms with van der Waals surface area (Å²) in [5.74, 6) is 0. The number of anilines is 3. The number of fused-ring (bicyclic) bond motifs is 6. The third-order valence-electron chi connectivity index (χ3n) is 11.2. The Bertz CT molecular complexity index is 3120. The van der Waals surface area contributed by atoms with Crippen LogP contribution < -0.4 is 4.90 Å². The Kier molecular flexibility index (Phi) is 7.82. The van der Waals surface area contributed by atoms with Crippen LogP contribution >= 0.6 is 0 Å². The molecule has 11 rings (SSSR count). The van der Waals surface area contributed by atoms with Gasteiger partial charge in [-0.25, -0.2) is 0 Å². The van der Waals surface area contributed by atoms with Gasteiger partial charge in [-0.15, -0.1) is 0 Å². The van der Waals surface area contributed by atoms with Crippen molar-refractivity contribution in [3.05, 3.63) is 218 Å². The van der Waals surface area contributed by atoms with Gasteiger partial charge >= 0.3 is 0 Å². The maximum atomic E-state index is 6.50. The Balaban J connectivity index is 1.23. The summed E-state index contributed by atoms with van der Waals surface area (Å²) in [7, 11) is 0. The van der Waals surface area contributed by atoms with E-state index < -0.39 is 0 Å². The van der Waals surface area contributed by atoms with Crippen molar-refractivity contribution in [2.75, 3.05) is 4.90 Å². The molecule has 0 N–H and O–H groups in total. The molecule has 0 spiro atoms. The molecule has 0 saturated carbocycles. The lowest BCUT2D eigenvalue weighted by Crippen LogP contribution is -2.11. The predicted molar refractivity (Wildman–Crippen MR) is 239 cm³/mol. The summed E-state index contributed by atoms with van der Waals surface area (Å²) < 4.78 is 8.90. The van der Waals surface area contributed by atoms with E-state index in [0.717, 1.165) is 61.3 Å². The van der Waals surface area contributed by atoms with Crippen LogP contribution in [-0.4, -0.2) is 4.57 Å². The number of hydrogen-bond donors (Lipinski definition) is 0. The van der Waals surface area contributed by atoms with Gasteiger partial charge in [0.25, 0.3) is 0 Å². The molecular weight excluding hydrogens is 693 g/mol. The Labute approximate surface area is 330 Å². The Morgan fingerprint density at radius 2 is 0.877 bits per heavy atom. The number of furan rings is 1. The van der Waals surface area contributed by atoms with Gasteiger partial charge in [-0.1, -0.05) is 152 Å². The van der Waals surface area contributed by atoms with E-state index in [4.69, 9.17) is 4.42 Å². The van der Waals surface area contributed by atoms with Crippen molar-refractivity contribution in [2.24, 2.45) is 0 Å². The zero-order chi connectivity index (χ0) is 37.7. The number of benzene rings is 9. The van der Waals surface area contributed by atoms with Crippen LogP contribution in [0.1, 0.15) is 0 Å². The summed E-state index contributed by atoms with van der Waals surface area (Å²) in [6.45, 7) is 0. The third kappa shape index (κ3) is 5.60. The molecule has 0 bridgehead atoms. The minimum atomic E-state index is 0.873. The average molecular weight is 729 g/mol. The van der Waals surface area contributed by atoms with Gasteiger partial charge in [0.15, 0.2) is 0 Å². The number of nitrogens with zero attached hydrogens (tertiary/aromatic N) is 2. The monoisotopic (exact) mass is 728 g/mol. The van der Waals surface area contributed by atoms with Crippen molar-refractivity contribution >= 4 is 60.8 Å². The van der Waals surface area contributed by atoms with Crippen molar-refractivity contribution in [1.82, 2.24) is 4.57 Å². The normalized spacial score (nSPS) is 11.5. The van der Waals surface area contributed by atoms with Crippen molar-refractivity contribution in [3.63, 3.8) is 0 Å². The van der Waals surface area contributed by atoms with Gasteiger partial charge in [-0.05, 0) is 94.5 Å². The minimum absolute atomic E-state index is 0.873. The van der Waals surface area contributed by atoms with Crippen LogP contribution in [0, 0.1) is 0 Å². The van der Waals surface area contributed by atoms with Crippen LogP contribution in [0.25, 0.3) is 82.8 Å². The highest BCUT2D eigenvalue weighted by Crippen LogP contribution is 2.48. The van der Waals surface area contributed by atoms with E-state index >= 15 is 0 Å². The standard InChI is InChI=1S/C54H36N2O/c1-4-15-37(16-5-1)39-27-31-42(32-28-39)55(43-33-29-40(30-34-43)38-17-6-2-7-18-38)50-36-51-47(44-21-10-12-24-49(44)56(51)41-19-8-3-9-20-41)35-48(50)45-23-14-26-53-54(45)46-22-11-13-25-52(46)57-53/h1-36H. The van der Waals surface area contributed by atoms with Crippen LogP contribution in [0.4, 0.5) is 17.1 Å². The lowest BCUT2D eigenvalue weighted by atomic mass is 9.94. The number of para-hydroxylation sites is 3. The van der Waals surface area contributed by atoms with Crippen LogP contribution in [0.15, 0.2) is 223 Å². The zero-order valence-corrected chi connectivity index (χ0v) is 31.1. The van der Waals surface area contributed by atoms with Gasteiger partial charge < -0.3 is 13.9 Å². The lowest BCUT2D eigenvalue weighted by molar-refractivity contribution is 0.669. The van der Waals surface area contributed by atoms with Gasteiger partial charge in [0.1, 0.15) is 11.2 Å². The van der Waals surface area contributed by atoms with Gasteiger partial charge in [0, 0.05) is 44.2 Å². The fourth-order valence-corrected chi connectivity index (χ4v) is 8.55. The van der Waals surface area contributed by atoms with E-state index in [2.05, 4.69) is 222 Å². The molecule has 0 aliphatic heterocycles. The number of rotatable bonds is 7. The van der Waals surface area contributed by atoms with Gasteiger partial charge in [0.2, 0.25) is 0 Å². The van der Waals surface area contributed by atoms with Gasteiger partial charge in [0.05, 0.1) is 16.7 Å². The van der Waals surface area contributed by atoms with E-state index in [1.165, 1.54) is 38.5 Å². The molecule has 0 aliphatic carbocycles. The first-order valence-corrected chi connectivity index (χ1v) is 19.4. The molecule has 2 aromatic heterocycles. The molecule has 3 nitrogen and oxygen atoms in total. The molecule has 0 amide bonds. The van der Waals surface area contributed by atoms with Crippen molar-refractivity contribution < 1.29 is 4.42 Å². The highest BCUT2D eigenvalue weighted by molar-refractivity contribution is 6.17. The second-order valence-corrected chi connectivity index (χ2v) is 14.5. The van der Waals surface area contributed by atoms with E-state index in [0.29, 0.717) is 0 Å². The van der Waals surface area contributed by atoms with Crippen molar-refractivity contribution in [3.8, 4) is 39.1 Å². The maximum Gasteiger partial charge on any atom is 0.136 e. The first-order chi connectivity index (χ1) is 28.3. The van der Waals surface area contributed by atoms with Crippen molar-refractivity contribution in [1.29, 1.82) is 0 Å². The number of aromatic nitrogens is 1. The van der Waals surface area contributed by atoms with E-state index in [9.17, 15) is 0 Å². The molecule has 0 unspecified atom stereocenters. The van der Waals surface area contributed by atoms with Crippen LogP contribution in [0.5, 0.6) is 0 Å². The summed E-state index contributed by atoms with van der Waals surface area (Å²) in [6, 6.07) is 78.2. The highest BCUT2D eigenvalue weighted by atomic mass is 16.3. The summed E-state index contributed by atoms with van der Waals surface area (Å²) in [6.07, 6.45) is 0. The second kappa shape index (κ2) is 13.6. The molecule has 0 aliphatic rings. The quantitative estimate of drug-likeness (QED) is 0.163. The molecule has 0 saturated heterocycles. The Morgan fingerprint density at radius 3 is 1.53 bits per heavy atom. The summed E-state index contributed by atoms with van der Waals surface area (Å²) in [5.41, 5.74) is 15.4. The topological polar surface area (TPSA) is 21.3 Å². The Hall–Kier alpha value is -7.62. The summed E-state index contributed by atoms with van der Waals surface area (Å²) in [5, 5.41) is 4.61. The van der Waals surface area contributed by atoms with E-state index in [1.807, 2.05) is 6.07 Å². The highest BCUT2D eigenvalue weighted by Gasteiger charge is 2.24.